The minimum atomic E-state index is 0.0869. The van der Waals surface area contributed by atoms with Gasteiger partial charge in [0.1, 0.15) is 11.9 Å². The van der Waals surface area contributed by atoms with Gasteiger partial charge in [-0.25, -0.2) is 0 Å². The van der Waals surface area contributed by atoms with E-state index in [-0.39, 0.29) is 12.7 Å². The second-order valence-corrected chi connectivity index (χ2v) is 3.82. The van der Waals surface area contributed by atoms with Gasteiger partial charge in [-0.1, -0.05) is 18.2 Å². The summed E-state index contributed by atoms with van der Waals surface area (Å²) in [5, 5.41) is 8.90. The van der Waals surface area contributed by atoms with E-state index in [1.165, 1.54) is 12.8 Å². The molecule has 1 N–H and O–H groups in total. The van der Waals surface area contributed by atoms with Crippen molar-refractivity contribution in [3.05, 3.63) is 42.0 Å². The summed E-state index contributed by atoms with van der Waals surface area (Å²) in [5.74, 6) is 0.878. The van der Waals surface area contributed by atoms with Crippen molar-refractivity contribution in [1.29, 1.82) is 0 Å². The van der Waals surface area contributed by atoms with Crippen LogP contribution in [0.5, 0.6) is 5.75 Å². The van der Waals surface area contributed by atoms with Gasteiger partial charge >= 0.3 is 0 Å². The highest BCUT2D eigenvalue weighted by Crippen LogP contribution is 2.19. The molecule has 1 atom stereocenters. The predicted molar refractivity (Wildman–Crippen MR) is 59.8 cm³/mol. The lowest BCUT2D eigenvalue weighted by Gasteiger charge is -2.18. The van der Waals surface area contributed by atoms with E-state index in [1.54, 1.807) is 0 Å². The first-order chi connectivity index (χ1) is 7.38. The number of aliphatic hydroxyl groups excluding tert-OH is 1. The molecular formula is C13H16O2. The largest absolute Gasteiger partial charge is 0.486 e. The van der Waals surface area contributed by atoms with E-state index in [1.807, 2.05) is 24.3 Å². The summed E-state index contributed by atoms with van der Waals surface area (Å²) in [6, 6.07) is 7.60. The molecule has 0 aliphatic heterocycles. The fraction of sp³-hybridized carbons (Fsp3) is 0.385. The Bertz CT molecular complexity index is 327. The number of benzene rings is 1. The minimum absolute atomic E-state index is 0.0869. The van der Waals surface area contributed by atoms with Crippen LogP contribution in [0, 0.1) is 0 Å². The van der Waals surface area contributed by atoms with Crippen molar-refractivity contribution in [3.63, 3.8) is 0 Å². The Kier molecular flexibility index (Phi) is 3.41. The highest BCUT2D eigenvalue weighted by atomic mass is 16.5. The summed E-state index contributed by atoms with van der Waals surface area (Å²) >= 11 is 0. The summed E-state index contributed by atoms with van der Waals surface area (Å²) in [7, 11) is 0. The summed E-state index contributed by atoms with van der Waals surface area (Å²) < 4.78 is 5.79. The maximum atomic E-state index is 8.90. The molecule has 0 saturated carbocycles. The molecule has 0 heterocycles. The number of ether oxygens (including phenoxy) is 1. The molecule has 0 bridgehead atoms. The predicted octanol–water partition coefficient (Wildman–Crippen LogP) is 2.67. The van der Waals surface area contributed by atoms with E-state index in [0.717, 1.165) is 17.7 Å². The third-order valence-corrected chi connectivity index (χ3v) is 2.60. The average Bonchev–Trinajstić information content (AvgIpc) is 2.31. The molecule has 1 aliphatic rings. The van der Waals surface area contributed by atoms with Gasteiger partial charge in [0.25, 0.3) is 0 Å². The zero-order valence-electron chi connectivity index (χ0n) is 8.73. The van der Waals surface area contributed by atoms with Crippen molar-refractivity contribution in [3.8, 4) is 5.75 Å². The van der Waals surface area contributed by atoms with Crippen LogP contribution in [0.15, 0.2) is 36.4 Å². The lowest BCUT2D eigenvalue weighted by Crippen LogP contribution is -2.15. The Morgan fingerprint density at radius 2 is 2.07 bits per heavy atom. The molecule has 0 radical (unpaired) electrons. The molecule has 2 heteroatoms. The summed E-state index contributed by atoms with van der Waals surface area (Å²) in [6.45, 7) is 0.0869. The maximum Gasteiger partial charge on any atom is 0.120 e. The van der Waals surface area contributed by atoms with Crippen molar-refractivity contribution >= 4 is 0 Å². The highest BCUT2D eigenvalue weighted by Gasteiger charge is 2.09. The normalized spacial score (nSPS) is 20.2. The molecule has 1 aromatic rings. The lowest BCUT2D eigenvalue weighted by molar-refractivity contribution is 0.229. The molecule has 0 amide bonds. The van der Waals surface area contributed by atoms with Crippen molar-refractivity contribution in [2.24, 2.45) is 0 Å². The number of allylic oxidation sites excluding steroid dienone is 1. The second kappa shape index (κ2) is 4.99. The van der Waals surface area contributed by atoms with Crippen LogP contribution in [0.25, 0.3) is 0 Å². The third kappa shape index (κ3) is 2.83. The molecule has 80 valence electrons. The molecule has 0 spiro atoms. The first-order valence-corrected chi connectivity index (χ1v) is 5.41. The first kappa shape index (κ1) is 10.2. The number of rotatable bonds is 3. The lowest BCUT2D eigenvalue weighted by atomic mass is 10.1. The van der Waals surface area contributed by atoms with E-state index in [4.69, 9.17) is 9.84 Å². The van der Waals surface area contributed by atoms with Crippen LogP contribution in [-0.4, -0.2) is 11.2 Å². The smallest absolute Gasteiger partial charge is 0.120 e. The Morgan fingerprint density at radius 1 is 1.27 bits per heavy atom. The zero-order valence-corrected chi connectivity index (χ0v) is 8.73. The Balaban J connectivity index is 1.97. The summed E-state index contributed by atoms with van der Waals surface area (Å²) in [4.78, 5) is 0. The Morgan fingerprint density at radius 3 is 2.67 bits per heavy atom. The van der Waals surface area contributed by atoms with E-state index in [0.29, 0.717) is 0 Å². The van der Waals surface area contributed by atoms with Crippen molar-refractivity contribution in [2.75, 3.05) is 0 Å². The fourth-order valence-corrected chi connectivity index (χ4v) is 1.73. The molecule has 2 nitrogen and oxygen atoms in total. The molecular weight excluding hydrogens is 188 g/mol. The van der Waals surface area contributed by atoms with Gasteiger partial charge in [0.05, 0.1) is 6.61 Å². The third-order valence-electron chi connectivity index (χ3n) is 2.60. The maximum absolute atomic E-state index is 8.90. The highest BCUT2D eigenvalue weighted by molar-refractivity contribution is 5.27. The van der Waals surface area contributed by atoms with Gasteiger partial charge < -0.3 is 9.84 Å². The zero-order chi connectivity index (χ0) is 10.5. The van der Waals surface area contributed by atoms with Crippen LogP contribution in [0.1, 0.15) is 24.8 Å². The minimum Gasteiger partial charge on any atom is -0.486 e. The molecule has 2 rings (SSSR count). The SMILES string of the molecule is OCc1ccc(OC2C=CCCC2)cc1. The van der Waals surface area contributed by atoms with Gasteiger partial charge in [-0.05, 0) is 43.0 Å². The quantitative estimate of drug-likeness (QED) is 0.767. The van der Waals surface area contributed by atoms with Gasteiger partial charge in [-0.15, -0.1) is 0 Å². The van der Waals surface area contributed by atoms with Crippen LogP contribution >= 0.6 is 0 Å². The van der Waals surface area contributed by atoms with E-state index in [9.17, 15) is 0 Å². The fourth-order valence-electron chi connectivity index (χ4n) is 1.73. The molecule has 0 aromatic heterocycles. The van der Waals surface area contributed by atoms with E-state index < -0.39 is 0 Å². The molecule has 1 unspecified atom stereocenters. The molecule has 0 saturated heterocycles. The first-order valence-electron chi connectivity index (χ1n) is 5.41. The topological polar surface area (TPSA) is 29.5 Å². The summed E-state index contributed by atoms with van der Waals surface area (Å²) in [5.41, 5.74) is 0.918. The number of hydrogen-bond acceptors (Lipinski definition) is 2. The van der Waals surface area contributed by atoms with Crippen molar-refractivity contribution in [2.45, 2.75) is 32.0 Å². The van der Waals surface area contributed by atoms with Crippen molar-refractivity contribution in [1.82, 2.24) is 0 Å². The molecule has 1 aromatic carbocycles. The van der Waals surface area contributed by atoms with Gasteiger partial charge in [-0.3, -0.25) is 0 Å². The van der Waals surface area contributed by atoms with E-state index in [2.05, 4.69) is 12.2 Å². The van der Waals surface area contributed by atoms with Crippen LogP contribution in [0.3, 0.4) is 0 Å². The van der Waals surface area contributed by atoms with E-state index >= 15 is 0 Å². The Hall–Kier alpha value is -1.28. The van der Waals surface area contributed by atoms with Gasteiger partial charge in [0, 0.05) is 0 Å². The molecule has 15 heavy (non-hydrogen) atoms. The monoisotopic (exact) mass is 204 g/mol. The number of aliphatic hydroxyl groups is 1. The number of hydrogen-bond donors (Lipinski definition) is 1. The second-order valence-electron chi connectivity index (χ2n) is 3.82. The summed E-state index contributed by atoms with van der Waals surface area (Å²) in [6.07, 6.45) is 8.00. The van der Waals surface area contributed by atoms with Gasteiger partial charge in [-0.2, -0.15) is 0 Å². The standard InChI is InChI=1S/C13H16O2/c14-10-11-6-8-13(9-7-11)15-12-4-2-1-3-5-12/h2,4,6-9,12,14H,1,3,5,10H2. The molecule has 1 aliphatic carbocycles. The van der Waals surface area contributed by atoms with Crippen LogP contribution in [-0.2, 0) is 6.61 Å². The van der Waals surface area contributed by atoms with Crippen LogP contribution in [0.4, 0.5) is 0 Å². The Labute approximate surface area is 90.2 Å². The van der Waals surface area contributed by atoms with Crippen molar-refractivity contribution < 1.29 is 9.84 Å². The van der Waals surface area contributed by atoms with Gasteiger partial charge in [0.2, 0.25) is 0 Å². The molecule has 0 fully saturated rings. The van der Waals surface area contributed by atoms with Crippen LogP contribution in [0.2, 0.25) is 0 Å². The van der Waals surface area contributed by atoms with Crippen LogP contribution < -0.4 is 4.74 Å². The average molecular weight is 204 g/mol. The van der Waals surface area contributed by atoms with Gasteiger partial charge in [0.15, 0.2) is 0 Å².